The van der Waals surface area contributed by atoms with Crippen molar-refractivity contribution in [3.63, 3.8) is 0 Å². The van der Waals surface area contributed by atoms with Gasteiger partial charge in [-0.15, -0.1) is 11.8 Å². The van der Waals surface area contributed by atoms with Crippen LogP contribution in [-0.4, -0.2) is 53.4 Å². The summed E-state index contributed by atoms with van der Waals surface area (Å²) in [7, 11) is 1.60. The quantitative estimate of drug-likeness (QED) is 0.765. The minimum absolute atomic E-state index is 0.0112. The molecular formula is C18H25NO4S. The second-order valence-corrected chi connectivity index (χ2v) is 7.40. The van der Waals surface area contributed by atoms with Crippen molar-refractivity contribution in [3.05, 3.63) is 29.3 Å². The van der Waals surface area contributed by atoms with Gasteiger partial charge in [-0.2, -0.15) is 0 Å². The predicted molar refractivity (Wildman–Crippen MR) is 94.4 cm³/mol. The number of rotatable bonds is 7. The van der Waals surface area contributed by atoms with Crippen molar-refractivity contribution in [2.24, 2.45) is 0 Å². The minimum atomic E-state index is -0.876. The first kappa shape index (κ1) is 18.8. The van der Waals surface area contributed by atoms with Crippen molar-refractivity contribution in [1.82, 2.24) is 4.90 Å². The van der Waals surface area contributed by atoms with Gasteiger partial charge in [0, 0.05) is 36.8 Å². The molecule has 5 nitrogen and oxygen atoms in total. The Morgan fingerprint density at radius 1 is 1.33 bits per heavy atom. The molecule has 6 heteroatoms. The Hall–Kier alpha value is -1.53. The monoisotopic (exact) mass is 351 g/mol. The molecule has 1 fully saturated rings. The molecule has 1 aromatic carbocycles. The lowest BCUT2D eigenvalue weighted by Crippen LogP contribution is -2.37. The van der Waals surface area contributed by atoms with Gasteiger partial charge in [0.2, 0.25) is 5.91 Å². The van der Waals surface area contributed by atoms with Crippen LogP contribution in [0.4, 0.5) is 0 Å². The number of ether oxygens (including phenoxy) is 1. The molecule has 0 spiro atoms. The van der Waals surface area contributed by atoms with Gasteiger partial charge in [0.25, 0.3) is 0 Å². The number of amides is 1. The van der Waals surface area contributed by atoms with Gasteiger partial charge in [0.05, 0.1) is 12.5 Å². The highest BCUT2D eigenvalue weighted by atomic mass is 32.2. The molecule has 24 heavy (non-hydrogen) atoms. The SMILES string of the molecule is COC1CC(CC(=O)O)N(C(=O)CCSc2ccc(C)c(C)c2)C1. The maximum atomic E-state index is 12.5. The number of hydrogen-bond acceptors (Lipinski definition) is 4. The molecule has 1 amide bonds. The van der Waals surface area contributed by atoms with Crippen LogP contribution in [-0.2, 0) is 14.3 Å². The van der Waals surface area contributed by atoms with Crippen molar-refractivity contribution >= 4 is 23.6 Å². The maximum absolute atomic E-state index is 12.5. The predicted octanol–water partition coefficient (Wildman–Crippen LogP) is 2.88. The molecule has 1 N–H and O–H groups in total. The summed E-state index contributed by atoms with van der Waals surface area (Å²) in [4.78, 5) is 26.3. The van der Waals surface area contributed by atoms with Crippen LogP contribution in [0.15, 0.2) is 23.1 Å². The number of likely N-dealkylation sites (tertiary alicyclic amines) is 1. The fraction of sp³-hybridized carbons (Fsp3) is 0.556. The first-order chi connectivity index (χ1) is 11.4. The van der Waals surface area contributed by atoms with E-state index in [0.29, 0.717) is 25.1 Å². The zero-order chi connectivity index (χ0) is 17.7. The van der Waals surface area contributed by atoms with Crippen LogP contribution < -0.4 is 0 Å². The number of thioether (sulfide) groups is 1. The van der Waals surface area contributed by atoms with Gasteiger partial charge in [-0.3, -0.25) is 9.59 Å². The third-order valence-electron chi connectivity index (χ3n) is 4.50. The van der Waals surface area contributed by atoms with Crippen LogP contribution in [0.5, 0.6) is 0 Å². The molecule has 1 aliphatic rings. The van der Waals surface area contributed by atoms with E-state index in [2.05, 4.69) is 32.0 Å². The number of hydrogen-bond donors (Lipinski definition) is 1. The topological polar surface area (TPSA) is 66.8 Å². The first-order valence-corrected chi connectivity index (χ1v) is 9.13. The Labute approximate surface area is 147 Å². The number of methoxy groups -OCH3 is 1. The lowest BCUT2D eigenvalue weighted by Gasteiger charge is -2.23. The largest absolute Gasteiger partial charge is 0.481 e. The van der Waals surface area contributed by atoms with Crippen molar-refractivity contribution < 1.29 is 19.4 Å². The van der Waals surface area contributed by atoms with Gasteiger partial charge >= 0.3 is 5.97 Å². The molecule has 2 unspecified atom stereocenters. The van der Waals surface area contributed by atoms with Gasteiger partial charge in [-0.25, -0.2) is 0 Å². The summed E-state index contributed by atoms with van der Waals surface area (Å²) in [6, 6.07) is 6.04. The molecule has 0 aliphatic carbocycles. The van der Waals surface area contributed by atoms with Gasteiger partial charge in [0.1, 0.15) is 0 Å². The van der Waals surface area contributed by atoms with Gasteiger partial charge in [-0.1, -0.05) is 6.07 Å². The van der Waals surface area contributed by atoms with E-state index in [-0.39, 0.29) is 24.5 Å². The number of aliphatic carboxylic acids is 1. The Bertz CT molecular complexity index is 605. The second-order valence-electron chi connectivity index (χ2n) is 6.24. The summed E-state index contributed by atoms with van der Waals surface area (Å²) >= 11 is 1.66. The summed E-state index contributed by atoms with van der Waals surface area (Å²) in [5, 5.41) is 9.02. The lowest BCUT2D eigenvalue weighted by molar-refractivity contribution is -0.139. The average molecular weight is 351 g/mol. The van der Waals surface area contributed by atoms with Crippen LogP contribution in [0, 0.1) is 13.8 Å². The van der Waals surface area contributed by atoms with E-state index in [1.54, 1.807) is 23.8 Å². The number of carbonyl (C=O) groups excluding carboxylic acids is 1. The summed E-state index contributed by atoms with van der Waals surface area (Å²) in [6.45, 7) is 4.65. The Morgan fingerprint density at radius 3 is 2.71 bits per heavy atom. The van der Waals surface area contributed by atoms with Crippen LogP contribution in [0.25, 0.3) is 0 Å². The van der Waals surface area contributed by atoms with Crippen LogP contribution in [0.2, 0.25) is 0 Å². The van der Waals surface area contributed by atoms with E-state index < -0.39 is 5.97 Å². The van der Waals surface area contributed by atoms with Gasteiger partial charge < -0.3 is 14.7 Å². The van der Waals surface area contributed by atoms with E-state index in [9.17, 15) is 9.59 Å². The van der Waals surface area contributed by atoms with Crippen molar-refractivity contribution in [1.29, 1.82) is 0 Å². The van der Waals surface area contributed by atoms with Crippen LogP contribution >= 0.6 is 11.8 Å². The number of carboxylic acid groups (broad SMARTS) is 1. The van der Waals surface area contributed by atoms with E-state index in [1.807, 2.05) is 0 Å². The highest BCUT2D eigenvalue weighted by molar-refractivity contribution is 7.99. The molecule has 1 aliphatic heterocycles. The van der Waals surface area contributed by atoms with Gasteiger partial charge in [-0.05, 0) is 43.5 Å². The number of nitrogens with zero attached hydrogens (tertiary/aromatic N) is 1. The van der Waals surface area contributed by atoms with E-state index in [1.165, 1.54) is 11.1 Å². The average Bonchev–Trinajstić information content (AvgIpc) is 2.93. The molecule has 1 heterocycles. The summed E-state index contributed by atoms with van der Waals surface area (Å²) in [5.41, 5.74) is 2.50. The number of aryl methyl sites for hydroxylation is 2. The molecule has 1 saturated heterocycles. The minimum Gasteiger partial charge on any atom is -0.481 e. The summed E-state index contributed by atoms with van der Waals surface area (Å²) < 4.78 is 5.31. The molecule has 2 rings (SSSR count). The van der Waals surface area contributed by atoms with Gasteiger partial charge in [0.15, 0.2) is 0 Å². The fourth-order valence-electron chi connectivity index (χ4n) is 2.95. The van der Waals surface area contributed by atoms with Crippen molar-refractivity contribution in [2.45, 2.75) is 50.2 Å². The maximum Gasteiger partial charge on any atom is 0.305 e. The molecule has 2 atom stereocenters. The van der Waals surface area contributed by atoms with Crippen molar-refractivity contribution in [2.75, 3.05) is 19.4 Å². The Balaban J connectivity index is 1.88. The van der Waals surface area contributed by atoms with Crippen molar-refractivity contribution in [3.8, 4) is 0 Å². The summed E-state index contributed by atoms with van der Waals surface area (Å²) in [5.74, 6) is -0.175. The molecule has 1 aromatic rings. The first-order valence-electron chi connectivity index (χ1n) is 8.14. The molecule has 132 valence electrons. The van der Waals surface area contributed by atoms with Crippen LogP contribution in [0.3, 0.4) is 0 Å². The molecule has 0 saturated carbocycles. The molecule has 0 aromatic heterocycles. The number of carbonyl (C=O) groups is 2. The molecule has 0 bridgehead atoms. The van der Waals surface area contributed by atoms with Crippen LogP contribution in [0.1, 0.15) is 30.4 Å². The summed E-state index contributed by atoms with van der Waals surface area (Å²) in [6.07, 6.45) is 0.921. The third-order valence-corrected chi connectivity index (χ3v) is 5.50. The third kappa shape index (κ3) is 4.98. The zero-order valence-electron chi connectivity index (χ0n) is 14.4. The highest BCUT2D eigenvalue weighted by Crippen LogP contribution is 2.26. The standard InChI is InChI=1S/C18H25NO4S/c1-12-4-5-16(8-13(12)2)24-7-6-17(20)19-11-15(23-3)9-14(19)10-18(21)22/h4-5,8,14-15H,6-7,9-11H2,1-3H3,(H,21,22). The Morgan fingerprint density at radius 2 is 2.08 bits per heavy atom. The normalized spacial score (nSPS) is 20.4. The fourth-order valence-corrected chi connectivity index (χ4v) is 3.89. The highest BCUT2D eigenvalue weighted by Gasteiger charge is 2.36. The second kappa shape index (κ2) is 8.53. The lowest BCUT2D eigenvalue weighted by atomic mass is 10.1. The van der Waals surface area contributed by atoms with E-state index >= 15 is 0 Å². The number of benzene rings is 1. The number of carboxylic acids is 1. The molecular weight excluding hydrogens is 326 g/mol. The molecule has 0 radical (unpaired) electrons. The zero-order valence-corrected chi connectivity index (χ0v) is 15.3. The smallest absolute Gasteiger partial charge is 0.305 e. The van der Waals surface area contributed by atoms with E-state index in [0.717, 1.165) is 4.90 Å². The van der Waals surface area contributed by atoms with E-state index in [4.69, 9.17) is 9.84 Å². The Kier molecular flexibility index (Phi) is 6.69.